The molecule has 0 spiro atoms. The summed E-state index contributed by atoms with van der Waals surface area (Å²) in [4.78, 5) is 12.5. The topological polar surface area (TPSA) is 26.3 Å². The maximum atomic E-state index is 10.6. The van der Waals surface area contributed by atoms with Gasteiger partial charge >= 0.3 is 0 Å². The molecule has 0 fully saturated rings. The summed E-state index contributed by atoms with van der Waals surface area (Å²) in [7, 11) is -1.67. The van der Waals surface area contributed by atoms with Crippen LogP contribution < -0.4 is 0 Å². The van der Waals surface area contributed by atoms with Gasteiger partial charge in [-0.3, -0.25) is 4.79 Å². The molecule has 0 amide bonds. The third-order valence-corrected chi connectivity index (χ3v) is 8.64. The van der Waals surface area contributed by atoms with Crippen molar-refractivity contribution in [2.24, 2.45) is 0 Å². The van der Waals surface area contributed by atoms with Gasteiger partial charge in [0.2, 0.25) is 0 Å². The normalized spacial score (nSPS) is 12.8. The molecule has 90 valence electrons. The van der Waals surface area contributed by atoms with Crippen LogP contribution in [0.2, 0.25) is 18.1 Å². The summed E-state index contributed by atoms with van der Waals surface area (Å²) in [5, 5.41) is 0.234. The second-order valence-corrected chi connectivity index (χ2v) is 11.5. The van der Waals surface area contributed by atoms with Gasteiger partial charge in [0.15, 0.2) is 14.6 Å². The summed E-state index contributed by atoms with van der Waals surface area (Å²) < 4.78 is 6.07. The van der Waals surface area contributed by atoms with Gasteiger partial charge in [0.1, 0.15) is 0 Å². The van der Waals surface area contributed by atoms with E-state index in [9.17, 15) is 4.79 Å². The zero-order valence-electron chi connectivity index (χ0n) is 10.7. The van der Waals surface area contributed by atoms with Crippen LogP contribution in [0.25, 0.3) is 0 Å². The van der Waals surface area contributed by atoms with Gasteiger partial charge in [-0.15, -0.1) is 11.3 Å². The monoisotopic (exact) mass is 256 g/mol. The van der Waals surface area contributed by atoms with Crippen LogP contribution in [0.3, 0.4) is 0 Å². The van der Waals surface area contributed by atoms with E-state index in [0.29, 0.717) is 6.61 Å². The Morgan fingerprint density at radius 3 is 2.44 bits per heavy atom. The third-order valence-electron chi connectivity index (χ3n) is 3.18. The standard InChI is InChI=1S/C12H20O2SSi/c1-12(2,3)16(4,5)14-9-11-7-6-10(8-13)15-11/h6-8H,9H2,1-5H3. The Kier molecular flexibility index (Phi) is 4.10. The summed E-state index contributed by atoms with van der Waals surface area (Å²) in [5.41, 5.74) is 0. The highest BCUT2D eigenvalue weighted by Crippen LogP contribution is 2.37. The Bertz CT molecular complexity index is 363. The first-order valence-electron chi connectivity index (χ1n) is 5.44. The quantitative estimate of drug-likeness (QED) is 0.599. The van der Waals surface area contributed by atoms with Gasteiger partial charge in [-0.1, -0.05) is 20.8 Å². The lowest BCUT2D eigenvalue weighted by Gasteiger charge is -2.36. The van der Waals surface area contributed by atoms with Gasteiger partial charge in [0.25, 0.3) is 0 Å². The molecule has 0 radical (unpaired) electrons. The first-order valence-corrected chi connectivity index (χ1v) is 9.16. The van der Waals surface area contributed by atoms with Crippen molar-refractivity contribution in [1.29, 1.82) is 0 Å². The van der Waals surface area contributed by atoms with E-state index < -0.39 is 8.32 Å². The largest absolute Gasteiger partial charge is 0.412 e. The summed E-state index contributed by atoms with van der Waals surface area (Å²) >= 11 is 1.51. The highest BCUT2D eigenvalue weighted by Gasteiger charge is 2.37. The Balaban J connectivity index is 2.61. The second kappa shape index (κ2) is 4.81. The smallest absolute Gasteiger partial charge is 0.192 e. The molecular weight excluding hydrogens is 236 g/mol. The Labute approximate surface area is 103 Å². The molecule has 1 rings (SSSR count). The first kappa shape index (κ1) is 13.6. The van der Waals surface area contributed by atoms with E-state index in [1.807, 2.05) is 12.1 Å². The number of rotatable bonds is 4. The van der Waals surface area contributed by atoms with Gasteiger partial charge in [0.05, 0.1) is 11.5 Å². The van der Waals surface area contributed by atoms with E-state index >= 15 is 0 Å². The maximum absolute atomic E-state index is 10.6. The summed E-state index contributed by atoms with van der Waals surface area (Å²) in [6, 6.07) is 3.82. The van der Waals surface area contributed by atoms with Crippen molar-refractivity contribution in [3.8, 4) is 0 Å². The van der Waals surface area contributed by atoms with Crippen molar-refractivity contribution in [1.82, 2.24) is 0 Å². The molecule has 4 heteroatoms. The van der Waals surface area contributed by atoms with E-state index in [2.05, 4.69) is 33.9 Å². The fourth-order valence-electron chi connectivity index (χ4n) is 1.00. The molecule has 0 atom stereocenters. The predicted molar refractivity (Wildman–Crippen MR) is 71.7 cm³/mol. The molecule has 0 aliphatic rings. The van der Waals surface area contributed by atoms with E-state index in [1.165, 1.54) is 11.3 Å². The molecule has 0 bridgehead atoms. The SMILES string of the molecule is CC(C)(C)[Si](C)(C)OCc1ccc(C=O)s1. The lowest BCUT2D eigenvalue weighted by atomic mass is 10.2. The molecular formula is C12H20O2SSi. The number of carbonyl (C=O) groups excluding carboxylic acids is 1. The first-order chi connectivity index (χ1) is 7.26. The van der Waals surface area contributed by atoms with Gasteiger partial charge < -0.3 is 4.43 Å². The highest BCUT2D eigenvalue weighted by molar-refractivity contribution is 7.13. The van der Waals surface area contributed by atoms with Gasteiger partial charge in [0, 0.05) is 4.88 Å². The lowest BCUT2D eigenvalue weighted by molar-refractivity contribution is 0.112. The number of hydrogen-bond acceptors (Lipinski definition) is 3. The number of thiophene rings is 1. The summed E-state index contributed by atoms with van der Waals surface area (Å²) in [6.45, 7) is 11.8. The average Bonchev–Trinajstić information content (AvgIpc) is 2.60. The van der Waals surface area contributed by atoms with Crippen LogP contribution >= 0.6 is 11.3 Å². The minimum absolute atomic E-state index is 0.234. The summed E-state index contributed by atoms with van der Waals surface area (Å²) in [6.07, 6.45) is 0.889. The zero-order chi connectivity index (χ0) is 12.4. The third kappa shape index (κ3) is 3.27. The number of aldehydes is 1. The fraction of sp³-hybridized carbons (Fsp3) is 0.583. The lowest BCUT2D eigenvalue weighted by Crippen LogP contribution is -2.40. The molecule has 1 heterocycles. The molecule has 1 aromatic heterocycles. The molecule has 0 unspecified atom stereocenters. The van der Waals surface area contributed by atoms with Crippen LogP contribution in [0.5, 0.6) is 0 Å². The van der Waals surface area contributed by atoms with Crippen LogP contribution in [0.1, 0.15) is 35.3 Å². The predicted octanol–water partition coefficient (Wildman–Crippen LogP) is 4.08. The minimum Gasteiger partial charge on any atom is -0.412 e. The molecule has 0 saturated heterocycles. The average molecular weight is 256 g/mol. The van der Waals surface area contributed by atoms with Gasteiger partial charge in [-0.2, -0.15) is 0 Å². The van der Waals surface area contributed by atoms with Crippen molar-refractivity contribution in [3.05, 3.63) is 21.9 Å². The molecule has 2 nitrogen and oxygen atoms in total. The highest BCUT2D eigenvalue weighted by atomic mass is 32.1. The minimum atomic E-state index is -1.67. The van der Waals surface area contributed by atoms with E-state index in [-0.39, 0.29) is 5.04 Å². The van der Waals surface area contributed by atoms with E-state index in [1.54, 1.807) is 0 Å². The second-order valence-electron chi connectivity index (χ2n) is 5.47. The van der Waals surface area contributed by atoms with Crippen LogP contribution in [0.15, 0.2) is 12.1 Å². The molecule has 0 saturated carbocycles. The van der Waals surface area contributed by atoms with Crippen molar-refractivity contribution >= 4 is 25.9 Å². The van der Waals surface area contributed by atoms with E-state index in [0.717, 1.165) is 16.0 Å². The molecule has 0 aliphatic heterocycles. The number of carbonyl (C=O) groups is 1. The van der Waals surface area contributed by atoms with Crippen LogP contribution in [0, 0.1) is 0 Å². The molecule has 1 aromatic rings. The molecule has 16 heavy (non-hydrogen) atoms. The van der Waals surface area contributed by atoms with Crippen molar-refractivity contribution in [3.63, 3.8) is 0 Å². The fourth-order valence-corrected chi connectivity index (χ4v) is 2.80. The molecule has 0 aromatic carbocycles. The van der Waals surface area contributed by atoms with Crippen molar-refractivity contribution < 1.29 is 9.22 Å². The molecule has 0 aliphatic carbocycles. The maximum Gasteiger partial charge on any atom is 0.192 e. The molecule has 0 N–H and O–H groups in total. The van der Waals surface area contributed by atoms with Crippen molar-refractivity contribution in [2.45, 2.75) is 45.5 Å². The van der Waals surface area contributed by atoms with Gasteiger partial charge in [-0.05, 0) is 30.3 Å². The number of hydrogen-bond donors (Lipinski definition) is 0. The Morgan fingerprint density at radius 2 is 2.00 bits per heavy atom. The zero-order valence-corrected chi connectivity index (χ0v) is 12.5. The van der Waals surface area contributed by atoms with Crippen LogP contribution in [0.4, 0.5) is 0 Å². The van der Waals surface area contributed by atoms with Crippen molar-refractivity contribution in [2.75, 3.05) is 0 Å². The van der Waals surface area contributed by atoms with Crippen LogP contribution in [-0.2, 0) is 11.0 Å². The Morgan fingerprint density at radius 1 is 1.38 bits per heavy atom. The van der Waals surface area contributed by atoms with Crippen LogP contribution in [-0.4, -0.2) is 14.6 Å². The Hall–Kier alpha value is -0.453. The summed E-state index contributed by atoms with van der Waals surface area (Å²) in [5.74, 6) is 0. The van der Waals surface area contributed by atoms with Gasteiger partial charge in [-0.25, -0.2) is 0 Å². The van der Waals surface area contributed by atoms with E-state index in [4.69, 9.17) is 4.43 Å².